The molecule has 120 valence electrons. The number of pyridine rings is 1. The van der Waals surface area contributed by atoms with Crippen molar-refractivity contribution in [1.82, 2.24) is 15.6 Å². The summed E-state index contributed by atoms with van der Waals surface area (Å²) < 4.78 is 18.6. The van der Waals surface area contributed by atoms with Gasteiger partial charge in [0, 0.05) is 31.4 Å². The molecule has 0 radical (unpaired) electrons. The minimum atomic E-state index is -0.358. The van der Waals surface area contributed by atoms with Crippen molar-refractivity contribution in [3.63, 3.8) is 0 Å². The van der Waals surface area contributed by atoms with Gasteiger partial charge in [-0.1, -0.05) is 12.1 Å². The number of ether oxygens (including phenoxy) is 1. The number of amides is 1. The quantitative estimate of drug-likeness (QED) is 0.888. The number of hydrogen-bond acceptors (Lipinski definition) is 4. The van der Waals surface area contributed by atoms with Crippen LogP contribution in [0.3, 0.4) is 0 Å². The molecule has 1 aromatic carbocycles. The SMILES string of the molecule is O=C(NCc1ccc(Oc2cccc(F)c2)nc1)C1CCNC1. The van der Waals surface area contributed by atoms with Crippen LogP contribution in [0, 0.1) is 11.7 Å². The Bertz CT molecular complexity index is 670. The first-order valence-corrected chi connectivity index (χ1v) is 7.57. The molecular formula is C17H18FN3O2. The fourth-order valence-corrected chi connectivity index (χ4v) is 2.44. The molecule has 1 amide bonds. The first-order valence-electron chi connectivity index (χ1n) is 7.57. The maximum Gasteiger partial charge on any atom is 0.224 e. The summed E-state index contributed by atoms with van der Waals surface area (Å²) in [6.45, 7) is 2.07. The van der Waals surface area contributed by atoms with E-state index in [9.17, 15) is 9.18 Å². The van der Waals surface area contributed by atoms with E-state index < -0.39 is 0 Å². The molecule has 0 saturated carbocycles. The highest BCUT2D eigenvalue weighted by Crippen LogP contribution is 2.20. The monoisotopic (exact) mass is 315 g/mol. The number of rotatable bonds is 5. The summed E-state index contributed by atoms with van der Waals surface area (Å²) in [7, 11) is 0. The van der Waals surface area contributed by atoms with Crippen molar-refractivity contribution in [2.45, 2.75) is 13.0 Å². The topological polar surface area (TPSA) is 63.2 Å². The lowest BCUT2D eigenvalue weighted by Crippen LogP contribution is -2.31. The number of carbonyl (C=O) groups excluding carboxylic acids is 1. The van der Waals surface area contributed by atoms with Crippen LogP contribution in [0.1, 0.15) is 12.0 Å². The largest absolute Gasteiger partial charge is 0.439 e. The average Bonchev–Trinajstić information content (AvgIpc) is 3.08. The highest BCUT2D eigenvalue weighted by atomic mass is 19.1. The number of nitrogens with one attached hydrogen (secondary N) is 2. The fraction of sp³-hybridized carbons (Fsp3) is 0.294. The van der Waals surface area contributed by atoms with E-state index in [4.69, 9.17) is 4.74 Å². The third kappa shape index (κ3) is 4.26. The van der Waals surface area contributed by atoms with Gasteiger partial charge in [0.1, 0.15) is 11.6 Å². The molecule has 1 unspecified atom stereocenters. The molecule has 2 aromatic rings. The molecule has 1 fully saturated rings. The van der Waals surface area contributed by atoms with Crippen molar-refractivity contribution in [2.75, 3.05) is 13.1 Å². The first-order chi connectivity index (χ1) is 11.2. The normalized spacial score (nSPS) is 17.0. The van der Waals surface area contributed by atoms with Gasteiger partial charge in [0.25, 0.3) is 0 Å². The standard InChI is InChI=1S/C17H18FN3O2/c18-14-2-1-3-15(8-14)23-16-5-4-12(9-20-16)10-21-17(22)13-6-7-19-11-13/h1-5,8-9,13,19H,6-7,10-11H2,(H,21,22). The van der Waals surface area contributed by atoms with Crippen molar-refractivity contribution in [1.29, 1.82) is 0 Å². The average molecular weight is 315 g/mol. The van der Waals surface area contributed by atoms with Crippen molar-refractivity contribution in [2.24, 2.45) is 5.92 Å². The van der Waals surface area contributed by atoms with E-state index >= 15 is 0 Å². The van der Waals surface area contributed by atoms with E-state index in [2.05, 4.69) is 15.6 Å². The highest BCUT2D eigenvalue weighted by Gasteiger charge is 2.21. The molecule has 2 N–H and O–H groups in total. The summed E-state index contributed by atoms with van der Waals surface area (Å²) in [6.07, 6.45) is 2.52. The van der Waals surface area contributed by atoms with E-state index in [1.165, 1.54) is 12.1 Å². The molecule has 23 heavy (non-hydrogen) atoms. The van der Waals surface area contributed by atoms with Gasteiger partial charge >= 0.3 is 0 Å². The molecule has 0 spiro atoms. The lowest BCUT2D eigenvalue weighted by Gasteiger charge is -2.10. The number of nitrogens with zero attached hydrogens (tertiary/aromatic N) is 1. The van der Waals surface area contributed by atoms with Crippen molar-refractivity contribution in [3.8, 4) is 11.6 Å². The van der Waals surface area contributed by atoms with Crippen molar-refractivity contribution in [3.05, 3.63) is 54.0 Å². The van der Waals surface area contributed by atoms with Crippen LogP contribution in [0.4, 0.5) is 4.39 Å². The van der Waals surface area contributed by atoms with E-state index in [1.54, 1.807) is 24.4 Å². The Morgan fingerprint density at radius 3 is 3.00 bits per heavy atom. The van der Waals surface area contributed by atoms with E-state index in [0.717, 1.165) is 25.1 Å². The Hall–Kier alpha value is -2.47. The molecule has 0 aliphatic carbocycles. The van der Waals surface area contributed by atoms with Crippen LogP contribution in [0.25, 0.3) is 0 Å². The summed E-state index contributed by atoms with van der Waals surface area (Å²) in [4.78, 5) is 16.1. The zero-order chi connectivity index (χ0) is 16.1. The second kappa shape index (κ2) is 7.19. The Morgan fingerprint density at radius 1 is 1.39 bits per heavy atom. The van der Waals surface area contributed by atoms with Gasteiger partial charge in [-0.2, -0.15) is 0 Å². The third-order valence-electron chi connectivity index (χ3n) is 3.71. The molecule has 1 aromatic heterocycles. The van der Waals surface area contributed by atoms with Crippen molar-refractivity contribution >= 4 is 5.91 Å². The molecular weight excluding hydrogens is 297 g/mol. The Labute approximate surface area is 133 Å². The Balaban J connectivity index is 1.53. The van der Waals surface area contributed by atoms with Gasteiger partial charge in [0.15, 0.2) is 0 Å². The first kappa shape index (κ1) is 15.4. The van der Waals surface area contributed by atoms with Gasteiger partial charge in [0.2, 0.25) is 11.8 Å². The second-order valence-corrected chi connectivity index (χ2v) is 5.47. The Kier molecular flexibility index (Phi) is 4.83. The van der Waals surface area contributed by atoms with Crippen LogP contribution in [-0.4, -0.2) is 24.0 Å². The van der Waals surface area contributed by atoms with Crippen LogP contribution < -0.4 is 15.4 Å². The predicted molar refractivity (Wildman–Crippen MR) is 83.5 cm³/mol. The summed E-state index contributed by atoms with van der Waals surface area (Å²) in [6, 6.07) is 9.41. The van der Waals surface area contributed by atoms with Crippen LogP contribution in [0.2, 0.25) is 0 Å². The molecule has 1 saturated heterocycles. The molecule has 1 aliphatic heterocycles. The molecule has 3 rings (SSSR count). The Morgan fingerprint density at radius 2 is 2.30 bits per heavy atom. The van der Waals surface area contributed by atoms with Gasteiger partial charge < -0.3 is 15.4 Å². The third-order valence-corrected chi connectivity index (χ3v) is 3.71. The number of hydrogen-bond donors (Lipinski definition) is 2. The second-order valence-electron chi connectivity index (χ2n) is 5.47. The number of carbonyl (C=O) groups is 1. The smallest absolute Gasteiger partial charge is 0.224 e. The van der Waals surface area contributed by atoms with E-state index in [1.807, 2.05) is 6.07 Å². The van der Waals surface area contributed by atoms with Crippen LogP contribution in [-0.2, 0) is 11.3 Å². The lowest BCUT2D eigenvalue weighted by atomic mass is 10.1. The zero-order valence-corrected chi connectivity index (χ0v) is 12.6. The van der Waals surface area contributed by atoms with Gasteiger partial charge in [-0.3, -0.25) is 4.79 Å². The van der Waals surface area contributed by atoms with E-state index in [0.29, 0.717) is 18.2 Å². The van der Waals surface area contributed by atoms with Crippen molar-refractivity contribution < 1.29 is 13.9 Å². The molecule has 1 atom stereocenters. The summed E-state index contributed by atoms with van der Waals surface area (Å²) in [5.74, 6) is 0.537. The maximum atomic E-state index is 13.1. The lowest BCUT2D eigenvalue weighted by molar-refractivity contribution is -0.124. The number of halogens is 1. The van der Waals surface area contributed by atoms with Gasteiger partial charge in [-0.25, -0.2) is 9.37 Å². The maximum absolute atomic E-state index is 13.1. The number of benzene rings is 1. The minimum absolute atomic E-state index is 0.0542. The molecule has 6 heteroatoms. The number of aromatic nitrogens is 1. The van der Waals surface area contributed by atoms with Crippen LogP contribution >= 0.6 is 0 Å². The summed E-state index contributed by atoms with van der Waals surface area (Å²) in [5.41, 5.74) is 0.885. The molecule has 1 aliphatic rings. The predicted octanol–water partition coefficient (Wildman–Crippen LogP) is 2.24. The van der Waals surface area contributed by atoms with Crippen LogP contribution in [0.5, 0.6) is 11.6 Å². The van der Waals surface area contributed by atoms with Crippen LogP contribution in [0.15, 0.2) is 42.6 Å². The van der Waals surface area contributed by atoms with Gasteiger partial charge in [0.05, 0.1) is 5.92 Å². The van der Waals surface area contributed by atoms with Gasteiger partial charge in [-0.15, -0.1) is 0 Å². The van der Waals surface area contributed by atoms with Gasteiger partial charge in [-0.05, 0) is 30.7 Å². The zero-order valence-electron chi connectivity index (χ0n) is 12.6. The summed E-state index contributed by atoms with van der Waals surface area (Å²) in [5, 5.41) is 6.08. The molecule has 0 bridgehead atoms. The fourth-order valence-electron chi connectivity index (χ4n) is 2.44. The molecule has 2 heterocycles. The van der Waals surface area contributed by atoms with E-state index in [-0.39, 0.29) is 17.6 Å². The summed E-state index contributed by atoms with van der Waals surface area (Å²) >= 11 is 0. The minimum Gasteiger partial charge on any atom is -0.439 e. The molecule has 5 nitrogen and oxygen atoms in total. The highest BCUT2D eigenvalue weighted by molar-refractivity contribution is 5.79.